The van der Waals surface area contributed by atoms with E-state index < -0.39 is 0 Å². The molecule has 1 fully saturated rings. The number of benzene rings is 1. The zero-order valence-electron chi connectivity index (χ0n) is 9.72. The number of aromatic nitrogens is 1. The van der Waals surface area contributed by atoms with Crippen LogP contribution < -0.4 is 10.5 Å². The van der Waals surface area contributed by atoms with Crippen LogP contribution in [0.5, 0.6) is 5.88 Å². The number of fused-ring (bicyclic) bond motifs is 1. The van der Waals surface area contributed by atoms with Gasteiger partial charge >= 0.3 is 0 Å². The molecule has 2 aromatic rings. The molecule has 5 nitrogen and oxygen atoms in total. The normalized spacial score (nSPS) is 15.3. The van der Waals surface area contributed by atoms with E-state index in [1.54, 1.807) is 0 Å². The molecule has 1 saturated heterocycles. The average molecular weight is 243 g/mol. The van der Waals surface area contributed by atoms with E-state index in [9.17, 15) is 0 Å². The molecule has 1 aromatic carbocycles. The fourth-order valence-electron chi connectivity index (χ4n) is 1.82. The fourth-order valence-corrected chi connectivity index (χ4v) is 1.82. The van der Waals surface area contributed by atoms with Crippen molar-refractivity contribution in [3.8, 4) is 5.88 Å². The minimum Gasteiger partial charge on any atom is -0.469 e. The number of amidine groups is 1. The summed E-state index contributed by atoms with van der Waals surface area (Å²) in [5.74, 6) is 0.373. The van der Waals surface area contributed by atoms with Gasteiger partial charge in [0, 0.05) is 5.39 Å². The Morgan fingerprint density at radius 3 is 2.83 bits per heavy atom. The molecule has 92 valence electrons. The van der Waals surface area contributed by atoms with Crippen molar-refractivity contribution in [3.05, 3.63) is 35.9 Å². The molecule has 3 N–H and O–H groups in total. The molecule has 1 aliphatic rings. The molecule has 1 aliphatic heterocycles. The number of nitrogens with zero attached hydrogens (tertiary/aromatic N) is 1. The fraction of sp³-hybridized carbons (Fsp3) is 0.231. The highest BCUT2D eigenvalue weighted by Gasteiger charge is 2.23. The molecule has 2 heterocycles. The average Bonchev–Trinajstić information content (AvgIpc) is 2.32. The number of nitrogens with two attached hydrogens (primary N) is 1. The molecule has 0 atom stereocenters. The lowest BCUT2D eigenvalue weighted by Gasteiger charge is -2.27. The molecule has 1 aromatic heterocycles. The zero-order chi connectivity index (χ0) is 12.5. The van der Waals surface area contributed by atoms with E-state index in [1.165, 1.54) is 0 Å². The van der Waals surface area contributed by atoms with Gasteiger partial charge in [-0.05, 0) is 12.1 Å². The van der Waals surface area contributed by atoms with Gasteiger partial charge in [0.05, 0.1) is 24.3 Å². The zero-order valence-corrected chi connectivity index (χ0v) is 9.72. The second-order valence-corrected chi connectivity index (χ2v) is 4.22. The Hall–Kier alpha value is -2.14. The first-order chi connectivity index (χ1) is 8.74. The second kappa shape index (κ2) is 4.27. The molecule has 0 aliphatic carbocycles. The predicted octanol–water partition coefficient (Wildman–Crippen LogP) is 1.30. The Morgan fingerprint density at radius 2 is 2.17 bits per heavy atom. The number of ether oxygens (including phenoxy) is 2. The van der Waals surface area contributed by atoms with Gasteiger partial charge in [-0.25, -0.2) is 4.98 Å². The minimum absolute atomic E-state index is 0.0109. The number of pyridine rings is 1. The van der Waals surface area contributed by atoms with Gasteiger partial charge in [0.2, 0.25) is 5.88 Å². The maximum Gasteiger partial charge on any atom is 0.225 e. The summed E-state index contributed by atoms with van der Waals surface area (Å²) in [5, 5.41) is 8.54. The van der Waals surface area contributed by atoms with Crippen molar-refractivity contribution in [3.63, 3.8) is 0 Å². The Labute approximate surface area is 104 Å². The van der Waals surface area contributed by atoms with Gasteiger partial charge in [-0.1, -0.05) is 18.2 Å². The second-order valence-electron chi connectivity index (χ2n) is 4.22. The van der Waals surface area contributed by atoms with Crippen LogP contribution in [0.4, 0.5) is 0 Å². The van der Waals surface area contributed by atoms with Crippen molar-refractivity contribution in [2.75, 3.05) is 13.2 Å². The van der Waals surface area contributed by atoms with Crippen molar-refractivity contribution in [1.82, 2.24) is 4.98 Å². The Kier molecular flexibility index (Phi) is 2.60. The van der Waals surface area contributed by atoms with Crippen LogP contribution in [0.25, 0.3) is 10.9 Å². The van der Waals surface area contributed by atoms with Crippen LogP contribution in [0.15, 0.2) is 30.3 Å². The highest BCUT2D eigenvalue weighted by Crippen LogP contribution is 2.24. The molecule has 0 radical (unpaired) electrons. The van der Waals surface area contributed by atoms with Crippen LogP contribution >= 0.6 is 0 Å². The maximum atomic E-state index is 7.60. The number of hydrogen-bond donors (Lipinski definition) is 2. The predicted molar refractivity (Wildman–Crippen MR) is 68.0 cm³/mol. The highest BCUT2D eigenvalue weighted by molar-refractivity contribution is 6.00. The van der Waals surface area contributed by atoms with E-state index in [2.05, 4.69) is 4.98 Å². The summed E-state index contributed by atoms with van der Waals surface area (Å²) in [5.41, 5.74) is 6.93. The Morgan fingerprint density at radius 1 is 1.39 bits per heavy atom. The highest BCUT2D eigenvalue weighted by atomic mass is 16.6. The summed E-state index contributed by atoms with van der Waals surface area (Å²) >= 11 is 0. The molecule has 0 unspecified atom stereocenters. The number of nitrogens with one attached hydrogen (secondary N) is 1. The van der Waals surface area contributed by atoms with Crippen molar-refractivity contribution in [2.24, 2.45) is 5.73 Å². The molecule has 5 heteroatoms. The molecular formula is C13H13N3O2. The first kappa shape index (κ1) is 11.0. The molecule has 0 bridgehead atoms. The summed E-state index contributed by atoms with van der Waals surface area (Å²) in [4.78, 5) is 4.42. The maximum absolute atomic E-state index is 7.60. The number of hydrogen-bond acceptors (Lipinski definition) is 4. The Bertz CT molecular complexity index is 608. The van der Waals surface area contributed by atoms with E-state index in [0.717, 1.165) is 10.9 Å². The van der Waals surface area contributed by atoms with Gasteiger partial charge in [0.25, 0.3) is 0 Å². The van der Waals surface area contributed by atoms with Crippen LogP contribution in [0.1, 0.15) is 5.56 Å². The van der Waals surface area contributed by atoms with Crippen molar-refractivity contribution >= 4 is 16.7 Å². The molecule has 0 spiro atoms. The number of nitrogen functional groups attached to an aromatic ring is 1. The molecule has 0 amide bonds. The van der Waals surface area contributed by atoms with Gasteiger partial charge in [-0.2, -0.15) is 0 Å². The lowest BCUT2D eigenvalue weighted by molar-refractivity contribution is -0.0812. The summed E-state index contributed by atoms with van der Waals surface area (Å²) in [7, 11) is 0. The van der Waals surface area contributed by atoms with E-state index in [0.29, 0.717) is 24.7 Å². The monoisotopic (exact) mass is 243 g/mol. The third kappa shape index (κ3) is 1.89. The van der Waals surface area contributed by atoms with Crippen LogP contribution in [0.2, 0.25) is 0 Å². The van der Waals surface area contributed by atoms with Crippen molar-refractivity contribution in [2.45, 2.75) is 6.10 Å². The van der Waals surface area contributed by atoms with Gasteiger partial charge in [-0.3, -0.25) is 5.41 Å². The summed E-state index contributed by atoms with van der Waals surface area (Å²) in [6.07, 6.45) is 0.0109. The first-order valence-corrected chi connectivity index (χ1v) is 5.72. The van der Waals surface area contributed by atoms with E-state index in [4.69, 9.17) is 20.6 Å². The quantitative estimate of drug-likeness (QED) is 0.628. The third-order valence-electron chi connectivity index (χ3n) is 2.86. The van der Waals surface area contributed by atoms with Gasteiger partial charge < -0.3 is 15.2 Å². The summed E-state index contributed by atoms with van der Waals surface area (Å²) < 4.78 is 10.8. The summed E-state index contributed by atoms with van der Waals surface area (Å²) in [6.45, 7) is 1.12. The lowest BCUT2D eigenvalue weighted by atomic mass is 10.1. The van der Waals surface area contributed by atoms with Crippen molar-refractivity contribution < 1.29 is 9.47 Å². The number of para-hydroxylation sites is 1. The van der Waals surface area contributed by atoms with E-state index >= 15 is 0 Å². The third-order valence-corrected chi connectivity index (χ3v) is 2.86. The first-order valence-electron chi connectivity index (χ1n) is 5.72. The minimum atomic E-state index is -0.0384. The van der Waals surface area contributed by atoms with Gasteiger partial charge in [-0.15, -0.1) is 0 Å². The smallest absolute Gasteiger partial charge is 0.225 e. The molecule has 3 rings (SSSR count). The van der Waals surface area contributed by atoms with Gasteiger partial charge in [0.1, 0.15) is 11.9 Å². The van der Waals surface area contributed by atoms with Crippen LogP contribution in [-0.4, -0.2) is 30.1 Å². The lowest BCUT2D eigenvalue weighted by Crippen LogP contribution is -2.39. The number of rotatable bonds is 3. The van der Waals surface area contributed by atoms with Crippen LogP contribution in [0, 0.1) is 5.41 Å². The molecular weight excluding hydrogens is 230 g/mol. The van der Waals surface area contributed by atoms with E-state index in [-0.39, 0.29) is 11.9 Å². The Balaban J connectivity index is 2.07. The SMILES string of the molecule is N=C(N)c1cc2ccccc2nc1OC1COC1. The van der Waals surface area contributed by atoms with E-state index in [1.807, 2.05) is 30.3 Å². The standard InChI is InChI=1S/C13H13N3O2/c14-12(15)10-5-8-3-1-2-4-11(8)16-13(10)18-9-6-17-7-9/h1-5,9H,6-7H2,(H3,14,15). The topological polar surface area (TPSA) is 81.2 Å². The summed E-state index contributed by atoms with van der Waals surface area (Å²) in [6, 6.07) is 9.52. The molecule has 0 saturated carbocycles. The van der Waals surface area contributed by atoms with Crippen LogP contribution in [0.3, 0.4) is 0 Å². The molecule has 18 heavy (non-hydrogen) atoms. The largest absolute Gasteiger partial charge is 0.469 e. The van der Waals surface area contributed by atoms with Crippen molar-refractivity contribution in [1.29, 1.82) is 5.41 Å². The van der Waals surface area contributed by atoms with Crippen LogP contribution in [-0.2, 0) is 4.74 Å². The van der Waals surface area contributed by atoms with Gasteiger partial charge in [0.15, 0.2) is 0 Å².